The molecule has 0 amide bonds. The van der Waals surface area contributed by atoms with Crippen LogP contribution in [-0.4, -0.2) is 19.9 Å². The standard InChI is InChI=1S/C12H12Cl2N3O3P/c13-8-2-1-3-9(14)12(8)17-10(6-20-21(18)19)11(15-16-17)7-4-5-7/h1-3,7,21H,4-6H2,(H,18,19). The summed E-state index contributed by atoms with van der Waals surface area (Å²) < 4.78 is 17.2. The van der Waals surface area contributed by atoms with Gasteiger partial charge in [0.05, 0.1) is 21.4 Å². The monoisotopic (exact) mass is 347 g/mol. The molecule has 3 rings (SSSR count). The zero-order valence-electron chi connectivity index (χ0n) is 10.8. The van der Waals surface area contributed by atoms with Gasteiger partial charge in [-0.1, -0.05) is 34.5 Å². The van der Waals surface area contributed by atoms with Crippen LogP contribution in [0.15, 0.2) is 18.2 Å². The lowest BCUT2D eigenvalue weighted by molar-refractivity contribution is 0.265. The van der Waals surface area contributed by atoms with Gasteiger partial charge < -0.3 is 9.42 Å². The molecule has 1 unspecified atom stereocenters. The van der Waals surface area contributed by atoms with E-state index in [9.17, 15) is 4.57 Å². The fourth-order valence-corrected chi connectivity index (χ4v) is 2.94. The average Bonchev–Trinajstić information content (AvgIpc) is 3.18. The van der Waals surface area contributed by atoms with E-state index >= 15 is 0 Å². The van der Waals surface area contributed by atoms with E-state index in [1.54, 1.807) is 18.2 Å². The number of halogens is 2. The van der Waals surface area contributed by atoms with Crippen molar-refractivity contribution in [3.05, 3.63) is 39.6 Å². The minimum absolute atomic E-state index is 0.0608. The number of hydrogen-bond acceptors (Lipinski definition) is 4. The van der Waals surface area contributed by atoms with Crippen molar-refractivity contribution in [3.63, 3.8) is 0 Å². The molecule has 0 radical (unpaired) electrons. The molecule has 0 spiro atoms. The highest BCUT2D eigenvalue weighted by atomic mass is 35.5. The van der Waals surface area contributed by atoms with Gasteiger partial charge in [0.2, 0.25) is 0 Å². The SMILES string of the molecule is O=[PH](O)OCc1c(C2CC2)nnn1-c1c(Cl)cccc1Cl. The van der Waals surface area contributed by atoms with E-state index in [4.69, 9.17) is 32.6 Å². The second-order valence-electron chi connectivity index (χ2n) is 4.73. The summed E-state index contributed by atoms with van der Waals surface area (Å²) >= 11 is 12.4. The van der Waals surface area contributed by atoms with Crippen molar-refractivity contribution in [1.82, 2.24) is 15.0 Å². The molecule has 2 aromatic rings. The first-order valence-electron chi connectivity index (χ1n) is 6.32. The molecular formula is C12H12Cl2N3O3P. The van der Waals surface area contributed by atoms with E-state index in [1.165, 1.54) is 4.68 Å². The summed E-state index contributed by atoms with van der Waals surface area (Å²) in [5, 5.41) is 9.10. The molecule has 112 valence electrons. The lowest BCUT2D eigenvalue weighted by Crippen LogP contribution is -2.05. The van der Waals surface area contributed by atoms with E-state index in [1.807, 2.05) is 0 Å². The Bertz CT molecular complexity index is 683. The molecule has 1 aliphatic rings. The van der Waals surface area contributed by atoms with E-state index in [0.29, 0.717) is 27.3 Å². The second kappa shape index (κ2) is 6.07. The Kier molecular flexibility index (Phi) is 4.33. The van der Waals surface area contributed by atoms with Crippen LogP contribution < -0.4 is 0 Å². The molecule has 1 aromatic carbocycles. The summed E-state index contributed by atoms with van der Waals surface area (Å²) in [6.07, 6.45) is 2.05. The van der Waals surface area contributed by atoms with Crippen molar-refractivity contribution < 1.29 is 14.0 Å². The van der Waals surface area contributed by atoms with Gasteiger partial charge in [-0.25, -0.2) is 4.68 Å². The molecular weight excluding hydrogens is 336 g/mol. The third kappa shape index (κ3) is 3.15. The van der Waals surface area contributed by atoms with E-state index in [2.05, 4.69) is 10.3 Å². The molecule has 1 aliphatic carbocycles. The summed E-state index contributed by atoms with van der Waals surface area (Å²) in [5.41, 5.74) is 1.88. The van der Waals surface area contributed by atoms with Crippen LogP contribution in [0.3, 0.4) is 0 Å². The summed E-state index contributed by atoms with van der Waals surface area (Å²) in [6.45, 7) is -0.0608. The normalized spacial score (nSPS) is 16.1. The number of hydrogen-bond donors (Lipinski definition) is 1. The maximum atomic E-state index is 10.8. The smallest absolute Gasteiger partial charge is 0.316 e. The highest BCUT2D eigenvalue weighted by Gasteiger charge is 2.31. The summed E-state index contributed by atoms with van der Waals surface area (Å²) in [5.74, 6) is 0.319. The first kappa shape index (κ1) is 15.0. The van der Waals surface area contributed by atoms with Gasteiger partial charge >= 0.3 is 8.25 Å². The predicted molar refractivity (Wildman–Crippen MR) is 79.4 cm³/mol. The third-order valence-corrected chi connectivity index (χ3v) is 4.24. The molecule has 1 atom stereocenters. The average molecular weight is 348 g/mol. The van der Waals surface area contributed by atoms with Gasteiger partial charge in [0.1, 0.15) is 12.3 Å². The molecule has 0 saturated heterocycles. The number of para-hydroxylation sites is 1. The van der Waals surface area contributed by atoms with E-state index in [0.717, 1.165) is 18.5 Å². The summed E-state index contributed by atoms with van der Waals surface area (Å²) in [4.78, 5) is 8.89. The highest BCUT2D eigenvalue weighted by molar-refractivity contribution is 7.32. The van der Waals surface area contributed by atoms with Crippen LogP contribution >= 0.6 is 31.5 Å². The molecule has 0 aliphatic heterocycles. The van der Waals surface area contributed by atoms with Crippen LogP contribution in [0.25, 0.3) is 5.69 Å². The summed E-state index contributed by atoms with van der Waals surface area (Å²) in [6, 6.07) is 5.12. The minimum Gasteiger partial charge on any atom is -0.326 e. The Morgan fingerprint density at radius 3 is 2.62 bits per heavy atom. The van der Waals surface area contributed by atoms with Crippen molar-refractivity contribution >= 4 is 31.5 Å². The maximum absolute atomic E-state index is 10.8. The van der Waals surface area contributed by atoms with Crippen LogP contribution in [0.4, 0.5) is 0 Å². The number of nitrogens with zero attached hydrogens (tertiary/aromatic N) is 3. The first-order valence-corrected chi connectivity index (χ1v) is 8.34. The molecule has 1 aromatic heterocycles. The Hall–Kier alpha value is -0.910. The number of aromatic nitrogens is 3. The van der Waals surface area contributed by atoms with Crippen molar-refractivity contribution in [3.8, 4) is 5.69 Å². The predicted octanol–water partition coefficient (Wildman–Crippen LogP) is 3.35. The first-order chi connectivity index (χ1) is 10.1. The van der Waals surface area contributed by atoms with Crippen molar-refractivity contribution in [2.45, 2.75) is 25.4 Å². The van der Waals surface area contributed by atoms with Crippen LogP contribution in [-0.2, 0) is 15.7 Å². The third-order valence-electron chi connectivity index (χ3n) is 3.24. The van der Waals surface area contributed by atoms with Crippen LogP contribution in [0.1, 0.15) is 30.1 Å². The zero-order valence-corrected chi connectivity index (χ0v) is 13.3. The molecule has 1 N–H and O–H groups in total. The van der Waals surface area contributed by atoms with Crippen LogP contribution in [0, 0.1) is 0 Å². The van der Waals surface area contributed by atoms with Crippen molar-refractivity contribution in [1.29, 1.82) is 0 Å². The largest absolute Gasteiger partial charge is 0.326 e. The lowest BCUT2D eigenvalue weighted by Gasteiger charge is -2.10. The van der Waals surface area contributed by atoms with Gasteiger partial charge in [-0.05, 0) is 25.0 Å². The van der Waals surface area contributed by atoms with Gasteiger partial charge in [0, 0.05) is 5.92 Å². The maximum Gasteiger partial charge on any atom is 0.316 e. The number of rotatable bonds is 5. The Morgan fingerprint density at radius 2 is 2.05 bits per heavy atom. The second-order valence-corrected chi connectivity index (χ2v) is 6.37. The fraction of sp³-hybridized carbons (Fsp3) is 0.333. The Labute approximate surface area is 131 Å². The highest BCUT2D eigenvalue weighted by Crippen LogP contribution is 2.42. The number of benzene rings is 1. The minimum atomic E-state index is -3.03. The van der Waals surface area contributed by atoms with Crippen molar-refractivity contribution in [2.24, 2.45) is 0 Å². The van der Waals surface area contributed by atoms with Crippen LogP contribution in [0.5, 0.6) is 0 Å². The Morgan fingerprint density at radius 1 is 1.38 bits per heavy atom. The quantitative estimate of drug-likeness (QED) is 0.839. The Balaban J connectivity index is 2.07. The zero-order chi connectivity index (χ0) is 15.0. The molecule has 21 heavy (non-hydrogen) atoms. The molecule has 0 bridgehead atoms. The van der Waals surface area contributed by atoms with Gasteiger partial charge in [0.25, 0.3) is 0 Å². The lowest BCUT2D eigenvalue weighted by atomic mass is 10.2. The summed E-state index contributed by atoms with van der Waals surface area (Å²) in [7, 11) is -3.03. The molecule has 6 nitrogen and oxygen atoms in total. The van der Waals surface area contributed by atoms with Gasteiger partial charge in [-0.3, -0.25) is 4.57 Å². The van der Waals surface area contributed by atoms with Crippen LogP contribution in [0.2, 0.25) is 10.0 Å². The van der Waals surface area contributed by atoms with Gasteiger partial charge in [0.15, 0.2) is 0 Å². The molecule has 1 heterocycles. The van der Waals surface area contributed by atoms with Gasteiger partial charge in [-0.2, -0.15) is 0 Å². The van der Waals surface area contributed by atoms with Crippen molar-refractivity contribution in [2.75, 3.05) is 0 Å². The van der Waals surface area contributed by atoms with E-state index < -0.39 is 8.25 Å². The fourth-order valence-electron chi connectivity index (χ4n) is 2.12. The van der Waals surface area contributed by atoms with E-state index in [-0.39, 0.29) is 6.61 Å². The topological polar surface area (TPSA) is 77.2 Å². The molecule has 9 heteroatoms. The molecule has 1 saturated carbocycles. The van der Waals surface area contributed by atoms with Gasteiger partial charge in [-0.15, -0.1) is 5.10 Å². The molecule has 1 fully saturated rings.